The summed E-state index contributed by atoms with van der Waals surface area (Å²) < 4.78 is 0.478. The van der Waals surface area contributed by atoms with Crippen molar-refractivity contribution in [1.29, 1.82) is 0 Å². The Morgan fingerprint density at radius 3 is 1.58 bits per heavy atom. The topological polar surface area (TPSA) is 0 Å². The molecule has 0 fully saturated rings. The average molecular weight is 206 g/mol. The van der Waals surface area contributed by atoms with Crippen molar-refractivity contribution in [1.82, 2.24) is 0 Å². The maximum atomic E-state index is 2.38. The van der Waals surface area contributed by atoms with Crippen LogP contribution in [0.3, 0.4) is 0 Å². The molecule has 0 aromatic heterocycles. The lowest BCUT2D eigenvalue weighted by Gasteiger charge is -2.26. The van der Waals surface area contributed by atoms with Crippen LogP contribution in [-0.2, 0) is 0 Å². The number of hydrogen-bond acceptors (Lipinski definition) is 2. The fraction of sp³-hybridized carbons (Fsp3) is 1.00. The van der Waals surface area contributed by atoms with E-state index < -0.39 is 0 Å². The lowest BCUT2D eigenvalue weighted by molar-refractivity contribution is 0.840. The Kier molecular flexibility index (Phi) is 7.55. The quantitative estimate of drug-likeness (QED) is 0.566. The van der Waals surface area contributed by atoms with Crippen molar-refractivity contribution >= 4 is 23.5 Å². The minimum atomic E-state index is 0.478. The molecule has 0 unspecified atom stereocenters. The molecular weight excluding hydrogens is 184 g/mol. The second-order valence-corrected chi connectivity index (χ2v) is 6.64. The van der Waals surface area contributed by atoms with Crippen LogP contribution in [0.1, 0.15) is 47.0 Å². The molecule has 0 nitrogen and oxygen atoms in total. The van der Waals surface area contributed by atoms with E-state index in [0.717, 1.165) is 0 Å². The SMILES string of the molecule is CCCSC(C)(CC)SCCC. The summed E-state index contributed by atoms with van der Waals surface area (Å²) in [6, 6.07) is 0. The largest absolute Gasteiger partial charge is 0.145 e. The Morgan fingerprint density at radius 2 is 1.33 bits per heavy atom. The van der Waals surface area contributed by atoms with Crippen LogP contribution in [0, 0.1) is 0 Å². The van der Waals surface area contributed by atoms with Crippen molar-refractivity contribution in [2.75, 3.05) is 11.5 Å². The molecule has 0 aliphatic heterocycles. The van der Waals surface area contributed by atoms with E-state index in [0.29, 0.717) is 4.08 Å². The Hall–Kier alpha value is 0.700. The van der Waals surface area contributed by atoms with Crippen LogP contribution in [0.5, 0.6) is 0 Å². The van der Waals surface area contributed by atoms with E-state index in [4.69, 9.17) is 0 Å². The first kappa shape index (κ1) is 12.7. The fourth-order valence-electron chi connectivity index (χ4n) is 0.882. The maximum absolute atomic E-state index is 2.38. The van der Waals surface area contributed by atoms with E-state index in [1.165, 1.54) is 30.8 Å². The van der Waals surface area contributed by atoms with Gasteiger partial charge in [0.25, 0.3) is 0 Å². The molecule has 0 saturated heterocycles. The smallest absolute Gasteiger partial charge is 0.0580 e. The zero-order valence-electron chi connectivity index (χ0n) is 8.85. The van der Waals surface area contributed by atoms with Crippen LogP contribution in [-0.4, -0.2) is 15.6 Å². The third-order valence-electron chi connectivity index (χ3n) is 1.87. The van der Waals surface area contributed by atoms with E-state index in [1.807, 2.05) is 0 Å². The first-order chi connectivity index (χ1) is 5.68. The predicted octanol–water partition coefficient (Wildman–Crippen LogP) is 4.40. The third kappa shape index (κ3) is 5.36. The lowest BCUT2D eigenvalue weighted by atomic mass is 10.4. The van der Waals surface area contributed by atoms with Crippen molar-refractivity contribution in [2.45, 2.75) is 51.0 Å². The molecule has 0 aliphatic rings. The molecule has 0 heterocycles. The van der Waals surface area contributed by atoms with Crippen molar-refractivity contribution in [3.8, 4) is 0 Å². The summed E-state index contributed by atoms with van der Waals surface area (Å²) >= 11 is 4.25. The molecule has 0 spiro atoms. The second kappa shape index (κ2) is 7.14. The van der Waals surface area contributed by atoms with Gasteiger partial charge in [-0.1, -0.05) is 20.8 Å². The first-order valence-corrected chi connectivity index (χ1v) is 6.93. The van der Waals surface area contributed by atoms with Gasteiger partial charge in [0.15, 0.2) is 0 Å². The molecular formula is C10H22S2. The van der Waals surface area contributed by atoms with E-state index in [1.54, 1.807) is 0 Å². The van der Waals surface area contributed by atoms with Crippen LogP contribution in [0.2, 0.25) is 0 Å². The summed E-state index contributed by atoms with van der Waals surface area (Å²) in [7, 11) is 0. The molecule has 0 radical (unpaired) electrons. The van der Waals surface area contributed by atoms with Gasteiger partial charge in [0, 0.05) is 0 Å². The summed E-state index contributed by atoms with van der Waals surface area (Å²) in [5, 5.41) is 0. The molecule has 0 rings (SSSR count). The highest BCUT2D eigenvalue weighted by Gasteiger charge is 2.21. The Balaban J connectivity index is 3.70. The van der Waals surface area contributed by atoms with Gasteiger partial charge in [-0.05, 0) is 37.7 Å². The van der Waals surface area contributed by atoms with Gasteiger partial charge in [0.2, 0.25) is 0 Å². The van der Waals surface area contributed by atoms with Gasteiger partial charge in [-0.15, -0.1) is 23.5 Å². The summed E-state index contributed by atoms with van der Waals surface area (Å²) in [5.41, 5.74) is 0. The van der Waals surface area contributed by atoms with E-state index in [2.05, 4.69) is 51.2 Å². The Bertz CT molecular complexity index is 94.0. The number of thioether (sulfide) groups is 2. The molecule has 0 N–H and O–H groups in total. The first-order valence-electron chi connectivity index (χ1n) is 4.96. The lowest BCUT2D eigenvalue weighted by Crippen LogP contribution is -2.14. The van der Waals surface area contributed by atoms with Crippen molar-refractivity contribution < 1.29 is 0 Å². The standard InChI is InChI=1S/C10H22S2/c1-5-8-11-10(4,7-3)12-9-6-2/h5-9H2,1-4H3. The molecule has 0 atom stereocenters. The third-order valence-corrected chi connectivity index (χ3v) is 5.60. The van der Waals surface area contributed by atoms with Gasteiger partial charge in [-0.25, -0.2) is 0 Å². The summed E-state index contributed by atoms with van der Waals surface area (Å²) in [6.07, 6.45) is 3.88. The molecule has 0 amide bonds. The molecule has 12 heavy (non-hydrogen) atoms. The highest BCUT2D eigenvalue weighted by Crippen LogP contribution is 2.40. The Morgan fingerprint density at radius 1 is 0.917 bits per heavy atom. The van der Waals surface area contributed by atoms with Gasteiger partial charge < -0.3 is 0 Å². The molecule has 0 saturated carbocycles. The fourth-order valence-corrected chi connectivity index (χ4v) is 3.40. The van der Waals surface area contributed by atoms with Crippen molar-refractivity contribution in [3.05, 3.63) is 0 Å². The second-order valence-electron chi connectivity index (χ2n) is 3.18. The van der Waals surface area contributed by atoms with Gasteiger partial charge >= 0.3 is 0 Å². The van der Waals surface area contributed by atoms with E-state index >= 15 is 0 Å². The van der Waals surface area contributed by atoms with Crippen LogP contribution in [0.25, 0.3) is 0 Å². The summed E-state index contributed by atoms with van der Waals surface area (Å²) in [5.74, 6) is 2.61. The molecule has 0 bridgehead atoms. The van der Waals surface area contributed by atoms with Crippen molar-refractivity contribution in [2.24, 2.45) is 0 Å². The zero-order valence-corrected chi connectivity index (χ0v) is 10.5. The molecule has 0 aromatic carbocycles. The number of rotatable bonds is 7. The minimum Gasteiger partial charge on any atom is -0.145 e. The molecule has 0 aliphatic carbocycles. The van der Waals surface area contributed by atoms with E-state index in [9.17, 15) is 0 Å². The van der Waals surface area contributed by atoms with Gasteiger partial charge in [0.05, 0.1) is 4.08 Å². The summed E-state index contributed by atoms with van der Waals surface area (Å²) in [6.45, 7) is 9.19. The summed E-state index contributed by atoms with van der Waals surface area (Å²) in [4.78, 5) is 0. The van der Waals surface area contributed by atoms with Crippen molar-refractivity contribution in [3.63, 3.8) is 0 Å². The van der Waals surface area contributed by atoms with Crippen LogP contribution in [0.4, 0.5) is 0 Å². The zero-order chi connectivity index (χ0) is 9.45. The average Bonchev–Trinajstić information content (AvgIpc) is 2.11. The molecule has 2 heteroatoms. The van der Waals surface area contributed by atoms with Gasteiger partial charge in [-0.2, -0.15) is 0 Å². The number of hydrogen-bond donors (Lipinski definition) is 0. The highest BCUT2D eigenvalue weighted by atomic mass is 32.2. The maximum Gasteiger partial charge on any atom is 0.0580 e. The van der Waals surface area contributed by atoms with E-state index in [-0.39, 0.29) is 0 Å². The minimum absolute atomic E-state index is 0.478. The normalized spacial score (nSPS) is 12.0. The van der Waals surface area contributed by atoms with Gasteiger partial charge in [0.1, 0.15) is 0 Å². The van der Waals surface area contributed by atoms with Crippen LogP contribution >= 0.6 is 23.5 Å². The highest BCUT2D eigenvalue weighted by molar-refractivity contribution is 8.18. The monoisotopic (exact) mass is 206 g/mol. The predicted molar refractivity (Wildman–Crippen MR) is 64.2 cm³/mol. The molecule has 0 aromatic rings. The Labute approximate surface area is 86.3 Å². The molecule has 74 valence electrons. The van der Waals surface area contributed by atoms with Crippen LogP contribution in [0.15, 0.2) is 0 Å². The van der Waals surface area contributed by atoms with Gasteiger partial charge in [-0.3, -0.25) is 0 Å². The van der Waals surface area contributed by atoms with Crippen LogP contribution < -0.4 is 0 Å².